The maximum Gasteiger partial charge on any atom is 0.128 e. The summed E-state index contributed by atoms with van der Waals surface area (Å²) in [5, 5.41) is 0. The first-order chi connectivity index (χ1) is 7.83. The van der Waals surface area contributed by atoms with Crippen LogP contribution in [0.15, 0.2) is 0 Å². The molecule has 19 heavy (non-hydrogen) atoms. The molecule has 0 radical (unpaired) electrons. The third-order valence-corrected chi connectivity index (χ3v) is 3.78. The second-order valence-electron chi connectivity index (χ2n) is 6.41. The van der Waals surface area contributed by atoms with E-state index in [2.05, 4.69) is 35.1 Å². The SMILES string of the molecule is CC[N+](C)(C)CC[N+](C)(C)CCCCCOC.[Cl-].[Cl-]. The summed E-state index contributed by atoms with van der Waals surface area (Å²) >= 11 is 0. The number of halogens is 2. The summed E-state index contributed by atoms with van der Waals surface area (Å²) in [6.07, 6.45) is 3.81. The second-order valence-corrected chi connectivity index (χ2v) is 6.41. The molecule has 0 aliphatic heterocycles. The molecule has 120 valence electrons. The Morgan fingerprint density at radius 1 is 0.737 bits per heavy atom. The van der Waals surface area contributed by atoms with Crippen LogP contribution in [-0.2, 0) is 4.74 Å². The van der Waals surface area contributed by atoms with Crippen LogP contribution in [-0.4, -0.2) is 77.1 Å². The highest BCUT2D eigenvalue weighted by Crippen LogP contribution is 2.06. The topological polar surface area (TPSA) is 9.23 Å². The van der Waals surface area contributed by atoms with Crippen LogP contribution in [0.4, 0.5) is 0 Å². The average molecular weight is 317 g/mol. The van der Waals surface area contributed by atoms with Crippen molar-refractivity contribution >= 4 is 0 Å². The molecule has 0 bridgehead atoms. The van der Waals surface area contributed by atoms with E-state index in [4.69, 9.17) is 4.74 Å². The number of likely N-dealkylation sites (N-methyl/N-ethyl adjacent to an activating group) is 2. The predicted molar refractivity (Wildman–Crippen MR) is 75.1 cm³/mol. The molecule has 0 aliphatic carbocycles. The van der Waals surface area contributed by atoms with Crippen molar-refractivity contribution in [3.63, 3.8) is 0 Å². The Hall–Kier alpha value is 0.460. The van der Waals surface area contributed by atoms with Gasteiger partial charge in [-0.2, -0.15) is 0 Å². The van der Waals surface area contributed by atoms with Crippen LogP contribution >= 0.6 is 0 Å². The van der Waals surface area contributed by atoms with Gasteiger partial charge in [0.25, 0.3) is 0 Å². The molecule has 0 aromatic heterocycles. The van der Waals surface area contributed by atoms with Gasteiger partial charge in [0.2, 0.25) is 0 Å². The number of nitrogens with zero attached hydrogens (tertiary/aromatic N) is 2. The highest BCUT2D eigenvalue weighted by atomic mass is 35.5. The Labute approximate surface area is 133 Å². The standard InChI is InChI=1S/C14H34N2O.2ClH/c1-7-15(2,3)12-13-16(4,5)11-9-8-10-14-17-6;;/h7-14H2,1-6H3;2*1H/q+2;;/p-2. The van der Waals surface area contributed by atoms with Crippen LogP contribution in [0.5, 0.6) is 0 Å². The third-order valence-electron chi connectivity index (χ3n) is 3.78. The number of ether oxygens (including phenoxy) is 1. The lowest BCUT2D eigenvalue weighted by molar-refractivity contribution is -0.945. The van der Waals surface area contributed by atoms with E-state index in [0.29, 0.717) is 0 Å². The van der Waals surface area contributed by atoms with E-state index in [1.54, 1.807) is 7.11 Å². The van der Waals surface area contributed by atoms with Gasteiger partial charge in [-0.05, 0) is 26.2 Å². The van der Waals surface area contributed by atoms with E-state index in [0.717, 1.165) is 15.6 Å². The number of quaternary nitrogens is 2. The Balaban J connectivity index is -0.00000128. The molecule has 3 nitrogen and oxygen atoms in total. The average Bonchev–Trinajstić information content (AvgIpc) is 2.27. The lowest BCUT2D eigenvalue weighted by Crippen LogP contribution is -3.00. The molecule has 0 N–H and O–H groups in total. The fourth-order valence-corrected chi connectivity index (χ4v) is 1.77. The second kappa shape index (κ2) is 12.2. The number of methoxy groups -OCH3 is 1. The van der Waals surface area contributed by atoms with E-state index in [9.17, 15) is 0 Å². The maximum atomic E-state index is 5.07. The first kappa shape index (κ1) is 24.5. The fourth-order valence-electron chi connectivity index (χ4n) is 1.77. The molecule has 0 aliphatic rings. The van der Waals surface area contributed by atoms with Gasteiger partial charge in [0.05, 0.1) is 41.3 Å². The van der Waals surface area contributed by atoms with Gasteiger partial charge in [-0.25, -0.2) is 0 Å². The Morgan fingerprint density at radius 3 is 1.74 bits per heavy atom. The van der Waals surface area contributed by atoms with Gasteiger partial charge in [0, 0.05) is 13.7 Å². The molecule has 0 amide bonds. The van der Waals surface area contributed by atoms with Crippen LogP contribution in [0.3, 0.4) is 0 Å². The minimum Gasteiger partial charge on any atom is -1.00 e. The molecular weight excluding hydrogens is 283 g/mol. The van der Waals surface area contributed by atoms with Gasteiger partial charge in [-0.3, -0.25) is 0 Å². The van der Waals surface area contributed by atoms with Crippen molar-refractivity contribution in [3.8, 4) is 0 Å². The van der Waals surface area contributed by atoms with E-state index in [-0.39, 0.29) is 24.8 Å². The van der Waals surface area contributed by atoms with Crippen molar-refractivity contribution in [3.05, 3.63) is 0 Å². The number of hydrogen-bond donors (Lipinski definition) is 0. The van der Waals surface area contributed by atoms with Crippen molar-refractivity contribution < 1.29 is 38.5 Å². The molecule has 5 heteroatoms. The Morgan fingerprint density at radius 2 is 1.26 bits per heavy atom. The molecule has 0 heterocycles. The van der Waals surface area contributed by atoms with Crippen LogP contribution in [0.1, 0.15) is 26.2 Å². The lowest BCUT2D eigenvalue weighted by atomic mass is 10.2. The molecule has 0 atom stereocenters. The van der Waals surface area contributed by atoms with E-state index in [1.807, 2.05) is 0 Å². The first-order valence-corrected chi connectivity index (χ1v) is 6.96. The third kappa shape index (κ3) is 14.7. The van der Waals surface area contributed by atoms with Crippen molar-refractivity contribution in [1.29, 1.82) is 0 Å². The highest BCUT2D eigenvalue weighted by molar-refractivity contribution is 4.42. The van der Waals surface area contributed by atoms with Crippen molar-refractivity contribution in [2.45, 2.75) is 26.2 Å². The van der Waals surface area contributed by atoms with Crippen LogP contribution in [0, 0.1) is 0 Å². The lowest BCUT2D eigenvalue weighted by Gasteiger charge is -2.35. The van der Waals surface area contributed by atoms with Gasteiger partial charge >= 0.3 is 0 Å². The molecule has 0 spiro atoms. The normalized spacial score (nSPS) is 11.7. The maximum absolute atomic E-state index is 5.07. The van der Waals surface area contributed by atoms with Gasteiger partial charge in [-0.1, -0.05) is 0 Å². The molecule has 0 unspecified atom stereocenters. The molecule has 0 saturated carbocycles. The zero-order valence-corrected chi connectivity index (χ0v) is 15.2. The highest BCUT2D eigenvalue weighted by Gasteiger charge is 2.20. The van der Waals surface area contributed by atoms with Gasteiger partial charge in [-0.15, -0.1) is 0 Å². The molecule has 0 saturated heterocycles. The molecular formula is C14H34Cl2N2O. The van der Waals surface area contributed by atoms with Crippen LogP contribution < -0.4 is 24.8 Å². The van der Waals surface area contributed by atoms with Gasteiger partial charge < -0.3 is 38.5 Å². The van der Waals surface area contributed by atoms with Crippen molar-refractivity contribution in [2.75, 3.05) is 68.1 Å². The Kier molecular flexibility index (Phi) is 15.7. The van der Waals surface area contributed by atoms with E-state index in [1.165, 1.54) is 45.4 Å². The van der Waals surface area contributed by atoms with Crippen molar-refractivity contribution in [1.82, 2.24) is 0 Å². The smallest absolute Gasteiger partial charge is 0.128 e. The van der Waals surface area contributed by atoms with Gasteiger partial charge in [0.15, 0.2) is 0 Å². The quantitative estimate of drug-likeness (QED) is 0.295. The summed E-state index contributed by atoms with van der Waals surface area (Å²) in [6.45, 7) is 8.21. The molecule has 0 rings (SSSR count). The minimum absolute atomic E-state index is 0. The summed E-state index contributed by atoms with van der Waals surface area (Å²) in [7, 11) is 11.1. The molecule has 0 aromatic rings. The van der Waals surface area contributed by atoms with Crippen LogP contribution in [0.2, 0.25) is 0 Å². The summed E-state index contributed by atoms with van der Waals surface area (Å²) in [4.78, 5) is 0. The van der Waals surface area contributed by atoms with E-state index >= 15 is 0 Å². The first-order valence-electron chi connectivity index (χ1n) is 6.96. The predicted octanol–water partition coefficient (Wildman–Crippen LogP) is -4.02. The molecule has 0 aromatic carbocycles. The Bertz CT molecular complexity index is 200. The summed E-state index contributed by atoms with van der Waals surface area (Å²) in [6, 6.07) is 0. The summed E-state index contributed by atoms with van der Waals surface area (Å²) < 4.78 is 7.35. The zero-order valence-electron chi connectivity index (χ0n) is 13.7. The number of unbranched alkanes of at least 4 members (excludes halogenated alkanes) is 2. The summed E-state index contributed by atoms with van der Waals surface area (Å²) in [5.74, 6) is 0. The zero-order chi connectivity index (χ0) is 13.4. The molecule has 0 fully saturated rings. The fraction of sp³-hybridized carbons (Fsp3) is 1.00. The van der Waals surface area contributed by atoms with E-state index < -0.39 is 0 Å². The number of hydrogen-bond acceptors (Lipinski definition) is 1. The largest absolute Gasteiger partial charge is 1.00 e. The van der Waals surface area contributed by atoms with Gasteiger partial charge in [0.1, 0.15) is 13.1 Å². The van der Waals surface area contributed by atoms with Crippen molar-refractivity contribution in [2.24, 2.45) is 0 Å². The minimum atomic E-state index is 0. The monoisotopic (exact) mass is 316 g/mol. The number of rotatable bonds is 10. The van der Waals surface area contributed by atoms with Crippen LogP contribution in [0.25, 0.3) is 0 Å². The summed E-state index contributed by atoms with van der Waals surface area (Å²) in [5.41, 5.74) is 0.